The van der Waals surface area contributed by atoms with Crippen molar-refractivity contribution in [2.45, 2.75) is 0 Å². The maximum Gasteiger partial charge on any atom is 0.379 e. The van der Waals surface area contributed by atoms with Crippen LogP contribution in [0.25, 0.3) is 0 Å². The van der Waals surface area contributed by atoms with E-state index in [0.29, 0.717) is 6.61 Å². The molecule has 0 atom stereocenters. The number of methoxy groups -OCH3 is 1. The van der Waals surface area contributed by atoms with Crippen molar-refractivity contribution in [3.8, 4) is 5.75 Å². The van der Waals surface area contributed by atoms with Gasteiger partial charge in [-0.15, -0.1) is 0 Å². The van der Waals surface area contributed by atoms with Gasteiger partial charge in [-0.1, -0.05) is 30.3 Å². The summed E-state index contributed by atoms with van der Waals surface area (Å²) in [6.45, 7) is 1.56. The Balaban J connectivity index is 2.12. The van der Waals surface area contributed by atoms with E-state index in [4.69, 9.17) is 9.47 Å². The highest BCUT2D eigenvalue weighted by Crippen LogP contribution is 2.23. The van der Waals surface area contributed by atoms with E-state index in [0.717, 1.165) is 29.4 Å². The fourth-order valence-corrected chi connectivity index (χ4v) is 2.31. The minimum Gasteiger partial charge on any atom is -0.496 e. The molecule has 96 valence electrons. The highest BCUT2D eigenvalue weighted by atomic mass is 16.5. The largest absolute Gasteiger partial charge is 0.496 e. The third kappa shape index (κ3) is 2.19. The smallest absolute Gasteiger partial charge is 0.379 e. The van der Waals surface area contributed by atoms with Gasteiger partial charge in [0.05, 0.1) is 7.11 Å². The number of benzene rings is 2. The van der Waals surface area contributed by atoms with Crippen molar-refractivity contribution in [3.63, 3.8) is 0 Å². The molecule has 0 aromatic heterocycles. The number of hydrogen-bond donors (Lipinski definition) is 0. The molecule has 1 aliphatic rings. The molecule has 0 bridgehead atoms. The second kappa shape index (κ2) is 5.14. The lowest BCUT2D eigenvalue weighted by Gasteiger charge is -2.05. The van der Waals surface area contributed by atoms with Gasteiger partial charge >= 0.3 is 5.90 Å². The van der Waals surface area contributed by atoms with Gasteiger partial charge in [-0.3, -0.25) is 0 Å². The lowest BCUT2D eigenvalue weighted by Crippen LogP contribution is -2.13. The van der Waals surface area contributed by atoms with E-state index in [-0.39, 0.29) is 0 Å². The summed E-state index contributed by atoms with van der Waals surface area (Å²) in [4.78, 5) is 0. The fourth-order valence-electron chi connectivity index (χ4n) is 2.31. The lowest BCUT2D eigenvalue weighted by molar-refractivity contribution is -0.428. The summed E-state index contributed by atoms with van der Waals surface area (Å²) in [6, 6.07) is 18.2. The first-order valence-corrected chi connectivity index (χ1v) is 6.36. The average Bonchev–Trinajstić information content (AvgIpc) is 2.97. The quantitative estimate of drug-likeness (QED) is 0.785. The van der Waals surface area contributed by atoms with Crippen molar-refractivity contribution in [3.05, 3.63) is 60.2 Å². The second-order valence-electron chi connectivity index (χ2n) is 4.34. The Bertz CT molecular complexity index is 605. The molecule has 1 heterocycles. The SMILES string of the molecule is COc1ccccc1C1=[N+](c2ccccc2)CCO1. The number of para-hydroxylation sites is 2. The molecular weight excluding hydrogens is 238 g/mol. The molecule has 2 aromatic rings. The van der Waals surface area contributed by atoms with Crippen LogP contribution in [0.3, 0.4) is 0 Å². The van der Waals surface area contributed by atoms with Crippen molar-refractivity contribution in [2.24, 2.45) is 0 Å². The number of nitrogens with zero attached hydrogens (tertiary/aromatic N) is 1. The summed E-state index contributed by atoms with van der Waals surface area (Å²) in [5.74, 6) is 1.70. The Hall–Kier alpha value is -2.29. The number of hydrogen-bond acceptors (Lipinski definition) is 2. The molecule has 0 saturated heterocycles. The van der Waals surface area contributed by atoms with Gasteiger partial charge in [0.2, 0.25) is 5.69 Å². The minimum absolute atomic E-state index is 0.697. The third-order valence-corrected chi connectivity index (χ3v) is 3.20. The molecule has 0 amide bonds. The van der Waals surface area contributed by atoms with Crippen molar-refractivity contribution >= 4 is 11.6 Å². The van der Waals surface area contributed by atoms with Crippen molar-refractivity contribution < 1.29 is 14.0 Å². The molecule has 19 heavy (non-hydrogen) atoms. The maximum absolute atomic E-state index is 5.81. The molecule has 0 aliphatic carbocycles. The normalized spacial score (nSPS) is 14.4. The van der Waals surface area contributed by atoms with Crippen LogP contribution in [0.1, 0.15) is 5.56 Å². The van der Waals surface area contributed by atoms with E-state index in [2.05, 4.69) is 16.7 Å². The Morgan fingerprint density at radius 1 is 1.00 bits per heavy atom. The van der Waals surface area contributed by atoms with E-state index in [1.54, 1.807) is 7.11 Å². The summed E-state index contributed by atoms with van der Waals surface area (Å²) < 4.78 is 13.4. The third-order valence-electron chi connectivity index (χ3n) is 3.20. The predicted octanol–water partition coefficient (Wildman–Crippen LogP) is 2.82. The molecule has 2 aromatic carbocycles. The topological polar surface area (TPSA) is 21.5 Å². The summed E-state index contributed by atoms with van der Waals surface area (Å²) in [7, 11) is 1.68. The van der Waals surface area contributed by atoms with Crippen LogP contribution in [0.15, 0.2) is 54.6 Å². The van der Waals surface area contributed by atoms with Gasteiger partial charge in [-0.25, -0.2) is 0 Å². The minimum atomic E-state index is 0.697. The van der Waals surface area contributed by atoms with Gasteiger partial charge in [0, 0.05) is 12.1 Å². The van der Waals surface area contributed by atoms with Crippen LogP contribution in [-0.4, -0.2) is 30.7 Å². The van der Waals surface area contributed by atoms with Crippen LogP contribution in [-0.2, 0) is 4.74 Å². The number of ether oxygens (including phenoxy) is 2. The molecule has 3 nitrogen and oxygen atoms in total. The molecule has 1 aliphatic heterocycles. The summed E-state index contributed by atoms with van der Waals surface area (Å²) in [6.07, 6.45) is 0. The molecule has 0 spiro atoms. The van der Waals surface area contributed by atoms with E-state index in [9.17, 15) is 0 Å². The van der Waals surface area contributed by atoms with Crippen LogP contribution in [0.2, 0.25) is 0 Å². The van der Waals surface area contributed by atoms with Crippen LogP contribution in [0.5, 0.6) is 5.75 Å². The summed E-state index contributed by atoms with van der Waals surface area (Å²) in [5, 5.41) is 0. The van der Waals surface area contributed by atoms with Gasteiger partial charge in [-0.05, 0) is 12.1 Å². The monoisotopic (exact) mass is 254 g/mol. The molecule has 0 radical (unpaired) electrons. The van der Waals surface area contributed by atoms with Crippen molar-refractivity contribution in [1.29, 1.82) is 0 Å². The van der Waals surface area contributed by atoms with Gasteiger partial charge in [0.25, 0.3) is 0 Å². The highest BCUT2D eigenvalue weighted by Gasteiger charge is 2.29. The molecule has 0 fully saturated rings. The first kappa shape index (κ1) is 11.8. The maximum atomic E-state index is 5.81. The zero-order chi connectivity index (χ0) is 13.1. The second-order valence-corrected chi connectivity index (χ2v) is 4.34. The molecule has 3 rings (SSSR count). The fraction of sp³-hybridized carbons (Fsp3) is 0.188. The van der Waals surface area contributed by atoms with Crippen molar-refractivity contribution in [1.82, 2.24) is 0 Å². The van der Waals surface area contributed by atoms with E-state index < -0.39 is 0 Å². The van der Waals surface area contributed by atoms with Crippen LogP contribution < -0.4 is 4.74 Å². The van der Waals surface area contributed by atoms with Gasteiger partial charge in [-0.2, -0.15) is 4.58 Å². The van der Waals surface area contributed by atoms with Crippen LogP contribution in [0, 0.1) is 0 Å². The molecule has 3 heteroatoms. The first-order chi connectivity index (χ1) is 9.40. The molecule has 0 N–H and O–H groups in total. The molecule has 0 unspecified atom stereocenters. The molecular formula is C16H16NO2+. The highest BCUT2D eigenvalue weighted by molar-refractivity contribution is 5.94. The van der Waals surface area contributed by atoms with E-state index in [1.807, 2.05) is 42.5 Å². The average molecular weight is 254 g/mol. The van der Waals surface area contributed by atoms with Gasteiger partial charge < -0.3 is 9.47 Å². The Morgan fingerprint density at radius 3 is 2.53 bits per heavy atom. The Kier molecular flexibility index (Phi) is 3.19. The zero-order valence-electron chi connectivity index (χ0n) is 10.9. The van der Waals surface area contributed by atoms with Crippen LogP contribution in [0.4, 0.5) is 5.69 Å². The summed E-state index contributed by atoms with van der Waals surface area (Å²) in [5.41, 5.74) is 2.13. The number of rotatable bonds is 3. The van der Waals surface area contributed by atoms with Gasteiger partial charge in [0.15, 0.2) is 13.2 Å². The van der Waals surface area contributed by atoms with Gasteiger partial charge in [0.1, 0.15) is 11.3 Å². The predicted molar refractivity (Wildman–Crippen MR) is 74.3 cm³/mol. The zero-order valence-corrected chi connectivity index (χ0v) is 10.9. The van der Waals surface area contributed by atoms with E-state index in [1.165, 1.54) is 0 Å². The lowest BCUT2D eigenvalue weighted by atomic mass is 10.2. The Labute approximate surface area is 112 Å². The standard InChI is InChI=1S/C16H16NO2/c1-18-15-10-6-5-9-14(15)16-17(11-12-19-16)13-7-3-2-4-8-13/h2-10H,11-12H2,1H3/q+1. The summed E-state index contributed by atoms with van der Waals surface area (Å²) >= 11 is 0. The van der Waals surface area contributed by atoms with Crippen molar-refractivity contribution in [2.75, 3.05) is 20.3 Å². The first-order valence-electron chi connectivity index (χ1n) is 6.36. The molecule has 0 saturated carbocycles. The van der Waals surface area contributed by atoms with E-state index >= 15 is 0 Å². The van der Waals surface area contributed by atoms with Crippen LogP contribution >= 0.6 is 0 Å². The Morgan fingerprint density at radius 2 is 1.74 bits per heavy atom.